The van der Waals surface area contributed by atoms with Gasteiger partial charge in [-0.15, -0.1) is 0 Å². The van der Waals surface area contributed by atoms with Gasteiger partial charge in [-0.05, 0) is 18.2 Å². The lowest BCUT2D eigenvalue weighted by molar-refractivity contribution is -0.137. The van der Waals surface area contributed by atoms with Crippen LogP contribution in [0.4, 0.5) is 5.69 Å². The summed E-state index contributed by atoms with van der Waals surface area (Å²) in [6, 6.07) is 5.93. The van der Waals surface area contributed by atoms with Crippen molar-refractivity contribution in [3.63, 3.8) is 0 Å². The maximum atomic E-state index is 10.8. The van der Waals surface area contributed by atoms with Crippen molar-refractivity contribution < 1.29 is 14.6 Å². The van der Waals surface area contributed by atoms with Crippen LogP contribution in [0.15, 0.2) is 24.5 Å². The Morgan fingerprint density at radius 2 is 2.16 bits per heavy atom. The van der Waals surface area contributed by atoms with Gasteiger partial charge in [0.2, 0.25) is 0 Å². The molecular formula is C13H15N3O3. The molecule has 1 aliphatic rings. The van der Waals surface area contributed by atoms with Gasteiger partial charge in [0.15, 0.2) is 0 Å². The molecule has 0 spiro atoms. The smallest absolute Gasteiger partial charge is 0.323 e. The molecule has 2 heterocycles. The Morgan fingerprint density at radius 3 is 2.89 bits per heavy atom. The SMILES string of the molecule is O=C(O)Cn1cnc2cc(N3CCOCC3)ccc21. The minimum Gasteiger partial charge on any atom is -0.480 e. The fourth-order valence-corrected chi connectivity index (χ4v) is 2.34. The highest BCUT2D eigenvalue weighted by atomic mass is 16.5. The van der Waals surface area contributed by atoms with Gasteiger partial charge in [-0.25, -0.2) is 4.98 Å². The Balaban J connectivity index is 1.91. The van der Waals surface area contributed by atoms with Gasteiger partial charge in [-0.1, -0.05) is 0 Å². The second-order valence-corrected chi connectivity index (χ2v) is 4.54. The first kappa shape index (κ1) is 12.0. The number of nitrogens with zero attached hydrogens (tertiary/aromatic N) is 3. The Kier molecular flexibility index (Phi) is 3.08. The molecule has 1 N–H and O–H groups in total. The van der Waals surface area contributed by atoms with E-state index in [0.29, 0.717) is 0 Å². The zero-order valence-electron chi connectivity index (χ0n) is 10.5. The number of aromatic nitrogens is 2. The van der Waals surface area contributed by atoms with Gasteiger partial charge < -0.3 is 19.3 Å². The van der Waals surface area contributed by atoms with Crippen LogP contribution in [-0.2, 0) is 16.1 Å². The first-order chi connectivity index (χ1) is 9.24. The molecule has 6 heteroatoms. The number of imidazole rings is 1. The maximum absolute atomic E-state index is 10.8. The quantitative estimate of drug-likeness (QED) is 0.891. The lowest BCUT2D eigenvalue weighted by Gasteiger charge is -2.28. The molecule has 6 nitrogen and oxygen atoms in total. The molecule has 1 aromatic carbocycles. The summed E-state index contributed by atoms with van der Waals surface area (Å²) in [6.45, 7) is 3.17. The predicted molar refractivity (Wildman–Crippen MR) is 70.4 cm³/mol. The zero-order chi connectivity index (χ0) is 13.2. The van der Waals surface area contributed by atoms with E-state index in [1.807, 2.05) is 18.2 Å². The molecule has 0 saturated carbocycles. The van der Waals surface area contributed by atoms with Crippen molar-refractivity contribution in [3.8, 4) is 0 Å². The topological polar surface area (TPSA) is 67.6 Å². The number of hydrogen-bond acceptors (Lipinski definition) is 4. The highest BCUT2D eigenvalue weighted by molar-refractivity contribution is 5.81. The molecule has 19 heavy (non-hydrogen) atoms. The summed E-state index contributed by atoms with van der Waals surface area (Å²) in [5, 5.41) is 8.83. The lowest BCUT2D eigenvalue weighted by Crippen LogP contribution is -2.36. The summed E-state index contributed by atoms with van der Waals surface area (Å²) >= 11 is 0. The number of hydrogen-bond donors (Lipinski definition) is 1. The van der Waals surface area contributed by atoms with Crippen molar-refractivity contribution in [2.75, 3.05) is 31.2 Å². The molecule has 3 rings (SSSR count). The van der Waals surface area contributed by atoms with Crippen molar-refractivity contribution in [2.45, 2.75) is 6.54 Å². The third kappa shape index (κ3) is 2.39. The molecule has 0 atom stereocenters. The summed E-state index contributed by atoms with van der Waals surface area (Å²) in [5.74, 6) is -0.864. The first-order valence-corrected chi connectivity index (χ1v) is 6.23. The first-order valence-electron chi connectivity index (χ1n) is 6.23. The van der Waals surface area contributed by atoms with Crippen LogP contribution in [-0.4, -0.2) is 46.9 Å². The van der Waals surface area contributed by atoms with Crippen LogP contribution in [0.2, 0.25) is 0 Å². The van der Waals surface area contributed by atoms with E-state index in [-0.39, 0.29) is 6.54 Å². The van der Waals surface area contributed by atoms with E-state index in [1.165, 1.54) is 0 Å². The van der Waals surface area contributed by atoms with E-state index < -0.39 is 5.97 Å². The summed E-state index contributed by atoms with van der Waals surface area (Å²) in [6.07, 6.45) is 1.57. The third-order valence-electron chi connectivity index (χ3n) is 3.29. The normalized spacial score (nSPS) is 15.9. The van der Waals surface area contributed by atoms with Gasteiger partial charge >= 0.3 is 5.97 Å². The largest absolute Gasteiger partial charge is 0.480 e. The van der Waals surface area contributed by atoms with E-state index in [1.54, 1.807) is 10.9 Å². The highest BCUT2D eigenvalue weighted by Gasteiger charge is 2.13. The number of aliphatic carboxylic acids is 1. The fraction of sp³-hybridized carbons (Fsp3) is 0.385. The van der Waals surface area contributed by atoms with Gasteiger partial charge in [0.05, 0.1) is 30.6 Å². The average molecular weight is 261 g/mol. The molecule has 0 radical (unpaired) electrons. The number of morpholine rings is 1. The minimum absolute atomic E-state index is 0.0621. The summed E-state index contributed by atoms with van der Waals surface area (Å²) in [4.78, 5) is 17.3. The number of anilines is 1. The van der Waals surface area contributed by atoms with E-state index in [2.05, 4.69) is 9.88 Å². The number of carbonyl (C=O) groups is 1. The van der Waals surface area contributed by atoms with Crippen LogP contribution in [0.5, 0.6) is 0 Å². The Hall–Kier alpha value is -2.08. The van der Waals surface area contributed by atoms with Gasteiger partial charge in [-0.3, -0.25) is 4.79 Å². The minimum atomic E-state index is -0.864. The fourth-order valence-electron chi connectivity index (χ4n) is 2.34. The molecule has 2 aromatic rings. The van der Waals surface area contributed by atoms with Crippen molar-refractivity contribution in [1.29, 1.82) is 0 Å². The van der Waals surface area contributed by atoms with E-state index >= 15 is 0 Å². The van der Waals surface area contributed by atoms with E-state index in [0.717, 1.165) is 43.0 Å². The molecule has 1 fully saturated rings. The second-order valence-electron chi connectivity index (χ2n) is 4.54. The standard InChI is InChI=1S/C13H15N3O3/c17-13(18)8-16-9-14-11-7-10(1-2-12(11)16)15-3-5-19-6-4-15/h1-2,7,9H,3-6,8H2,(H,17,18). The molecular weight excluding hydrogens is 246 g/mol. The maximum Gasteiger partial charge on any atom is 0.323 e. The molecule has 1 saturated heterocycles. The van der Waals surface area contributed by atoms with Crippen LogP contribution >= 0.6 is 0 Å². The molecule has 0 bridgehead atoms. The zero-order valence-corrected chi connectivity index (χ0v) is 10.5. The summed E-state index contributed by atoms with van der Waals surface area (Å²) < 4.78 is 6.97. The van der Waals surface area contributed by atoms with E-state index in [9.17, 15) is 4.79 Å². The van der Waals surface area contributed by atoms with Gasteiger partial charge in [0, 0.05) is 18.8 Å². The Labute approximate surface area is 110 Å². The van der Waals surface area contributed by atoms with Crippen LogP contribution < -0.4 is 4.90 Å². The Bertz CT molecular complexity index is 602. The van der Waals surface area contributed by atoms with Gasteiger partial charge in [-0.2, -0.15) is 0 Å². The second kappa shape index (κ2) is 4.89. The number of rotatable bonds is 3. The van der Waals surface area contributed by atoms with Crippen LogP contribution in [0.3, 0.4) is 0 Å². The van der Waals surface area contributed by atoms with Crippen molar-refractivity contribution in [3.05, 3.63) is 24.5 Å². The molecule has 1 aromatic heterocycles. The van der Waals surface area contributed by atoms with E-state index in [4.69, 9.17) is 9.84 Å². The average Bonchev–Trinajstić information content (AvgIpc) is 2.81. The molecule has 0 aliphatic carbocycles. The van der Waals surface area contributed by atoms with Crippen molar-refractivity contribution in [2.24, 2.45) is 0 Å². The van der Waals surface area contributed by atoms with Gasteiger partial charge in [0.1, 0.15) is 6.54 Å². The van der Waals surface area contributed by atoms with Crippen molar-refractivity contribution >= 4 is 22.7 Å². The predicted octanol–water partition coefficient (Wildman–Crippen LogP) is 0.958. The summed E-state index contributed by atoms with van der Waals surface area (Å²) in [7, 11) is 0. The highest BCUT2D eigenvalue weighted by Crippen LogP contribution is 2.22. The van der Waals surface area contributed by atoms with Crippen LogP contribution in [0.25, 0.3) is 11.0 Å². The van der Waals surface area contributed by atoms with Crippen LogP contribution in [0, 0.1) is 0 Å². The number of ether oxygens (including phenoxy) is 1. The Morgan fingerprint density at radius 1 is 1.37 bits per heavy atom. The number of carboxylic acid groups (broad SMARTS) is 1. The van der Waals surface area contributed by atoms with Crippen molar-refractivity contribution in [1.82, 2.24) is 9.55 Å². The number of carboxylic acids is 1. The monoisotopic (exact) mass is 261 g/mol. The molecule has 0 amide bonds. The van der Waals surface area contributed by atoms with Gasteiger partial charge in [0.25, 0.3) is 0 Å². The van der Waals surface area contributed by atoms with Crippen LogP contribution in [0.1, 0.15) is 0 Å². The third-order valence-corrected chi connectivity index (χ3v) is 3.29. The molecule has 1 aliphatic heterocycles. The molecule has 100 valence electrons. The number of benzene rings is 1. The summed E-state index contributed by atoms with van der Waals surface area (Å²) in [5.41, 5.74) is 2.78. The lowest BCUT2D eigenvalue weighted by atomic mass is 10.2. The molecule has 0 unspecified atom stereocenters. The number of fused-ring (bicyclic) bond motifs is 1.